The van der Waals surface area contributed by atoms with Crippen LogP contribution in [0.5, 0.6) is 0 Å². The second-order valence-electron chi connectivity index (χ2n) is 22.0. The number of anilines is 6. The number of oxazole rings is 2. The molecule has 14 aromatic carbocycles. The maximum atomic E-state index is 6.32. The van der Waals surface area contributed by atoms with Crippen LogP contribution in [0.15, 0.2) is 312 Å². The molecule has 6 heteroatoms. The quantitative estimate of drug-likeness (QED) is 0.127. The largest absolute Gasteiger partial charge is 0.436 e. The van der Waals surface area contributed by atoms with E-state index in [1.165, 1.54) is 54.9 Å². The molecule has 1 aliphatic rings. The maximum absolute atomic E-state index is 6.32. The van der Waals surface area contributed by atoms with Crippen molar-refractivity contribution in [3.8, 4) is 34.0 Å². The number of para-hydroxylation sites is 4. The van der Waals surface area contributed by atoms with Crippen LogP contribution in [0.3, 0.4) is 0 Å². The summed E-state index contributed by atoms with van der Waals surface area (Å²) < 4.78 is 12.6. The lowest BCUT2D eigenvalue weighted by Crippen LogP contribution is -2.29. The third-order valence-corrected chi connectivity index (χ3v) is 17.3. The summed E-state index contributed by atoms with van der Waals surface area (Å²) in [6.45, 7) is 0. The highest BCUT2D eigenvalue weighted by molar-refractivity contribution is 6.16. The highest BCUT2D eigenvalue weighted by Crippen LogP contribution is 2.59. The number of hydrogen-bond donors (Lipinski definition) is 0. The molecule has 85 heavy (non-hydrogen) atoms. The number of hydrogen-bond acceptors (Lipinski definition) is 6. The van der Waals surface area contributed by atoms with Gasteiger partial charge >= 0.3 is 0 Å². The lowest BCUT2D eigenvalue weighted by atomic mass is 9.67. The predicted octanol–water partition coefficient (Wildman–Crippen LogP) is 21.2. The SMILES string of the molecule is c1ccc(C2(c3ccccc3)c3cc(N(c4ccc(-c5nc6ccccc6o5)cc4)c4cc5ccccc5c5ccccc45)ccc3-c3ccc(N(c4ccc(-c5nc6ccccc6o5)cc4)c4cc5ccccc5c5ccccc45)cc32)cc1. The normalized spacial score (nSPS) is 12.6. The molecule has 2 heterocycles. The fourth-order valence-electron chi connectivity index (χ4n) is 13.5. The van der Waals surface area contributed by atoms with E-state index in [4.69, 9.17) is 18.8 Å². The maximum Gasteiger partial charge on any atom is 0.227 e. The third-order valence-electron chi connectivity index (χ3n) is 17.3. The average molecular weight is 1090 g/mol. The van der Waals surface area contributed by atoms with Crippen LogP contribution < -0.4 is 9.80 Å². The van der Waals surface area contributed by atoms with E-state index in [1.54, 1.807) is 0 Å². The Labute approximate surface area is 490 Å². The predicted molar refractivity (Wildman–Crippen MR) is 349 cm³/mol. The van der Waals surface area contributed by atoms with Gasteiger partial charge in [-0.05, 0) is 175 Å². The summed E-state index contributed by atoms with van der Waals surface area (Å²) in [6.07, 6.45) is 0. The van der Waals surface area contributed by atoms with Gasteiger partial charge in [0, 0.05) is 44.6 Å². The van der Waals surface area contributed by atoms with Gasteiger partial charge in [-0.15, -0.1) is 0 Å². The van der Waals surface area contributed by atoms with Crippen molar-refractivity contribution in [2.75, 3.05) is 9.80 Å². The highest BCUT2D eigenvalue weighted by atomic mass is 16.4. The molecular weight excluding hydrogens is 1040 g/mol. The molecule has 0 saturated heterocycles. The summed E-state index contributed by atoms with van der Waals surface area (Å²) in [5.74, 6) is 1.18. The fourth-order valence-corrected chi connectivity index (χ4v) is 13.5. The molecule has 16 aromatic rings. The minimum Gasteiger partial charge on any atom is -0.436 e. The molecule has 6 nitrogen and oxygen atoms in total. The zero-order chi connectivity index (χ0) is 56.0. The molecule has 398 valence electrons. The van der Waals surface area contributed by atoms with Gasteiger partial charge in [-0.25, -0.2) is 9.97 Å². The van der Waals surface area contributed by atoms with Gasteiger partial charge in [0.15, 0.2) is 11.2 Å². The third kappa shape index (κ3) is 7.73. The number of aromatic nitrogens is 2. The Morgan fingerprint density at radius 2 is 0.635 bits per heavy atom. The summed E-state index contributed by atoms with van der Waals surface area (Å²) in [4.78, 5) is 14.7. The van der Waals surface area contributed by atoms with Crippen molar-refractivity contribution in [2.45, 2.75) is 5.41 Å². The number of benzene rings is 14. The van der Waals surface area contributed by atoms with Crippen molar-refractivity contribution in [3.63, 3.8) is 0 Å². The summed E-state index contributed by atoms with van der Waals surface area (Å²) in [7, 11) is 0. The Morgan fingerprint density at radius 1 is 0.282 bits per heavy atom. The van der Waals surface area contributed by atoms with Crippen molar-refractivity contribution in [1.29, 1.82) is 0 Å². The van der Waals surface area contributed by atoms with Crippen LogP contribution in [0.2, 0.25) is 0 Å². The Morgan fingerprint density at radius 3 is 1.06 bits per heavy atom. The molecule has 0 spiro atoms. The Bertz CT molecular complexity index is 4870. The smallest absolute Gasteiger partial charge is 0.227 e. The Balaban J connectivity index is 0.896. The number of fused-ring (bicyclic) bond motifs is 11. The zero-order valence-electron chi connectivity index (χ0n) is 46.0. The van der Waals surface area contributed by atoms with Crippen LogP contribution in [-0.4, -0.2) is 9.97 Å². The van der Waals surface area contributed by atoms with Crippen LogP contribution in [0.25, 0.3) is 99.3 Å². The second kappa shape index (κ2) is 19.4. The minimum absolute atomic E-state index is 0.588. The molecule has 0 saturated carbocycles. The van der Waals surface area contributed by atoms with E-state index in [1.807, 2.05) is 48.5 Å². The van der Waals surface area contributed by atoms with Crippen molar-refractivity contribution >= 4 is 99.4 Å². The van der Waals surface area contributed by atoms with Crippen LogP contribution in [0.4, 0.5) is 34.1 Å². The van der Waals surface area contributed by atoms with E-state index in [0.29, 0.717) is 11.8 Å². The molecule has 0 aliphatic heterocycles. The van der Waals surface area contributed by atoms with Crippen LogP contribution >= 0.6 is 0 Å². The second-order valence-corrected chi connectivity index (χ2v) is 22.0. The van der Waals surface area contributed by atoms with E-state index in [0.717, 1.165) is 89.0 Å². The molecule has 0 unspecified atom stereocenters. The van der Waals surface area contributed by atoms with Gasteiger partial charge in [-0.3, -0.25) is 0 Å². The van der Waals surface area contributed by atoms with Crippen LogP contribution in [-0.2, 0) is 5.41 Å². The average Bonchev–Trinajstić information content (AvgIpc) is 1.67. The first-order valence-corrected chi connectivity index (χ1v) is 28.9. The minimum atomic E-state index is -0.777. The first-order chi connectivity index (χ1) is 42.1. The summed E-state index contributed by atoms with van der Waals surface area (Å²) in [6, 6.07) is 109. The van der Waals surface area contributed by atoms with Crippen molar-refractivity contribution in [3.05, 3.63) is 326 Å². The molecule has 0 radical (unpaired) electrons. The molecule has 0 N–H and O–H groups in total. The van der Waals surface area contributed by atoms with Crippen molar-refractivity contribution in [2.24, 2.45) is 0 Å². The standard InChI is InChI=1S/C79H50N4O2/c1-3-21-55(22-4-1)79(56-23-5-2-6-24-56)69-49-59(82(73-47-53-19-7-9-25-61(53)63-27-11-13-29-67(63)73)57-39-35-51(36-40-57)77-80-71-31-15-17-33-75(71)84-77)43-45-65(69)66-46-44-60(50-70(66)79)83(74-48-54-20-8-10-26-62(54)64-28-12-14-30-68(64)74)58-41-37-52(38-42-58)78-81-72-32-16-18-34-76(72)85-78/h1-50H. The molecule has 2 aromatic heterocycles. The van der Waals surface area contributed by atoms with E-state index < -0.39 is 5.41 Å². The molecule has 0 bridgehead atoms. The first kappa shape index (κ1) is 48.4. The Kier molecular flexibility index (Phi) is 11.0. The summed E-state index contributed by atoms with van der Waals surface area (Å²) >= 11 is 0. The topological polar surface area (TPSA) is 58.5 Å². The van der Waals surface area contributed by atoms with Gasteiger partial charge in [-0.2, -0.15) is 0 Å². The lowest BCUT2D eigenvalue weighted by molar-refractivity contribution is 0.619. The van der Waals surface area contributed by atoms with Gasteiger partial charge in [0.25, 0.3) is 0 Å². The monoisotopic (exact) mass is 1090 g/mol. The molecule has 0 amide bonds. The first-order valence-electron chi connectivity index (χ1n) is 28.9. The van der Waals surface area contributed by atoms with Crippen molar-refractivity contribution in [1.82, 2.24) is 9.97 Å². The van der Waals surface area contributed by atoms with Gasteiger partial charge in [0.05, 0.1) is 16.8 Å². The molecule has 17 rings (SSSR count). The summed E-state index contributed by atoms with van der Waals surface area (Å²) in [5, 5.41) is 9.44. The lowest BCUT2D eigenvalue weighted by Gasteiger charge is -2.36. The molecule has 0 fully saturated rings. The van der Waals surface area contributed by atoms with Gasteiger partial charge in [0.1, 0.15) is 11.0 Å². The molecule has 1 aliphatic carbocycles. The van der Waals surface area contributed by atoms with E-state index in [2.05, 4.69) is 265 Å². The molecular formula is C79H50N4O2. The van der Waals surface area contributed by atoms with E-state index >= 15 is 0 Å². The van der Waals surface area contributed by atoms with Crippen LogP contribution in [0.1, 0.15) is 22.3 Å². The van der Waals surface area contributed by atoms with E-state index in [-0.39, 0.29) is 0 Å². The number of rotatable bonds is 10. The van der Waals surface area contributed by atoms with E-state index in [9.17, 15) is 0 Å². The van der Waals surface area contributed by atoms with Gasteiger partial charge in [0.2, 0.25) is 11.8 Å². The Hall–Kier alpha value is -11.3. The number of nitrogens with zero attached hydrogens (tertiary/aromatic N) is 4. The van der Waals surface area contributed by atoms with Gasteiger partial charge in [-0.1, -0.05) is 194 Å². The molecule has 0 atom stereocenters. The van der Waals surface area contributed by atoms with Crippen LogP contribution in [0, 0.1) is 0 Å². The fraction of sp³-hybridized carbons (Fsp3) is 0.0127. The highest BCUT2D eigenvalue weighted by Gasteiger charge is 2.47. The van der Waals surface area contributed by atoms with Crippen molar-refractivity contribution < 1.29 is 8.83 Å². The zero-order valence-corrected chi connectivity index (χ0v) is 46.0. The van der Waals surface area contributed by atoms with Gasteiger partial charge < -0.3 is 18.6 Å². The summed E-state index contributed by atoms with van der Waals surface area (Å²) in [5.41, 5.74) is 17.5.